The molecule has 10 aromatic rings. The van der Waals surface area contributed by atoms with Crippen molar-refractivity contribution < 1.29 is 0 Å². The van der Waals surface area contributed by atoms with Crippen LogP contribution in [0.4, 0.5) is 0 Å². The first-order chi connectivity index (χ1) is 28.6. The number of hydrogen-bond acceptors (Lipinski definition) is 0. The van der Waals surface area contributed by atoms with E-state index in [0.29, 0.717) is 0 Å². The van der Waals surface area contributed by atoms with Crippen molar-refractivity contribution in [1.29, 1.82) is 0 Å². The molecule has 0 atom stereocenters. The van der Waals surface area contributed by atoms with E-state index in [1.165, 1.54) is 97.7 Å². The van der Waals surface area contributed by atoms with Gasteiger partial charge >= 0.3 is 0 Å². The highest BCUT2D eigenvalue weighted by atomic mass is 28.3. The van der Waals surface area contributed by atoms with Crippen LogP contribution in [0, 0.1) is 34.4 Å². The Kier molecular flexibility index (Phi) is 8.70. The molecule has 0 saturated heterocycles. The van der Waals surface area contributed by atoms with E-state index in [0.717, 1.165) is 16.7 Å². The summed E-state index contributed by atoms with van der Waals surface area (Å²) in [6.45, 7) is 20.8. The molecular weight excluding hydrogens is 769 g/mol. The first-order valence-corrected chi connectivity index (χ1v) is 31.7. The molecule has 3 heteroatoms. The van der Waals surface area contributed by atoms with Crippen LogP contribution in [-0.4, -0.2) is 24.2 Å². The van der Waals surface area contributed by atoms with Gasteiger partial charge in [0.1, 0.15) is 24.2 Å². The lowest BCUT2D eigenvalue weighted by molar-refractivity contribution is 1.59. The van der Waals surface area contributed by atoms with Crippen molar-refractivity contribution in [3.8, 4) is 56.6 Å². The second-order valence-corrected chi connectivity index (χ2v) is 33.9. The molecule has 0 radical (unpaired) electrons. The molecule has 0 aliphatic carbocycles. The third-order valence-corrected chi connectivity index (χ3v) is 14.2. The molecule has 0 heterocycles. The Labute approximate surface area is 357 Å². The summed E-state index contributed by atoms with van der Waals surface area (Å²) in [5.74, 6) is 10.9. The standard InChI is InChI=1S/C57H48Si3/c1-58(2,3)32-29-37-21-24-39(25-22-37)41-15-10-11-16-42(41)50-36-51-44-18-13-12-17-43(44)47-28-26-40(31-34-60(7,8)9)52-48-20-14-19-46-45-27-23-38(30-33-59(4,5)6)35-49(45)54(50)57(53(46)48)56(51)55(47)52/h10-28,35-36H,1-9H3. The SMILES string of the molecule is C[Si](C)(C)C#Cc1ccc(-c2ccccc2-c2cc3c4ccccc4c4ccc(C#C[Si](C)(C)C)c5c6cccc7c8ccc(C#C[Si](C)(C)C)cc8c2c(c76)c3c45)cc1. The predicted octanol–water partition coefficient (Wildman–Crippen LogP) is 15.7. The number of benzene rings is 10. The second kappa shape index (κ2) is 13.7. The van der Waals surface area contributed by atoms with Crippen LogP contribution < -0.4 is 0 Å². The zero-order chi connectivity index (χ0) is 41.7. The minimum absolute atomic E-state index is 1.07. The molecule has 0 amide bonds. The normalized spacial score (nSPS) is 12.3. The van der Waals surface area contributed by atoms with Crippen LogP contribution in [0.1, 0.15) is 16.7 Å². The summed E-state index contributed by atoms with van der Waals surface area (Å²) in [4.78, 5) is 0. The third kappa shape index (κ3) is 6.49. The lowest BCUT2D eigenvalue weighted by Gasteiger charge is -2.25. The number of fused-ring (bicyclic) bond motifs is 7. The molecule has 10 aromatic carbocycles. The molecule has 0 aliphatic rings. The topological polar surface area (TPSA) is 0 Å². The average molecular weight is 817 g/mol. The quantitative estimate of drug-likeness (QED) is 0.0706. The van der Waals surface area contributed by atoms with Crippen molar-refractivity contribution in [2.75, 3.05) is 0 Å². The molecule has 0 spiro atoms. The van der Waals surface area contributed by atoms with E-state index in [-0.39, 0.29) is 0 Å². The average Bonchev–Trinajstić information content (AvgIpc) is 3.22. The van der Waals surface area contributed by atoms with E-state index < -0.39 is 24.2 Å². The van der Waals surface area contributed by atoms with Crippen LogP contribution in [0.25, 0.3) is 97.7 Å². The molecule has 0 aliphatic heterocycles. The molecule has 0 bridgehead atoms. The van der Waals surface area contributed by atoms with E-state index in [1.54, 1.807) is 0 Å². The fraction of sp³-hybridized carbons (Fsp3) is 0.158. The Morgan fingerprint density at radius 3 is 1.50 bits per heavy atom. The van der Waals surface area contributed by atoms with E-state index in [2.05, 4.69) is 221 Å². The van der Waals surface area contributed by atoms with Crippen molar-refractivity contribution in [1.82, 2.24) is 0 Å². The molecule has 0 saturated carbocycles. The van der Waals surface area contributed by atoms with Gasteiger partial charge < -0.3 is 0 Å². The zero-order valence-electron chi connectivity index (χ0n) is 36.1. The van der Waals surface area contributed by atoms with E-state index in [4.69, 9.17) is 0 Å². The van der Waals surface area contributed by atoms with Gasteiger partial charge in [-0.1, -0.05) is 168 Å². The third-order valence-electron chi connectivity index (χ3n) is 11.6. The summed E-state index contributed by atoms with van der Waals surface area (Å²) in [6.07, 6.45) is 0. The summed E-state index contributed by atoms with van der Waals surface area (Å²) < 4.78 is 0. The summed E-state index contributed by atoms with van der Waals surface area (Å²) in [5.41, 5.74) is 19.1. The smallest absolute Gasteiger partial charge is 0.127 e. The molecule has 0 unspecified atom stereocenters. The Hall–Kier alpha value is -6.13. The first-order valence-electron chi connectivity index (χ1n) is 21.2. The van der Waals surface area contributed by atoms with Crippen LogP contribution in [0.15, 0.2) is 127 Å². The monoisotopic (exact) mass is 816 g/mol. The maximum atomic E-state index is 3.76. The Morgan fingerprint density at radius 2 is 0.800 bits per heavy atom. The minimum atomic E-state index is -1.67. The van der Waals surface area contributed by atoms with Gasteiger partial charge in [0, 0.05) is 22.1 Å². The number of rotatable bonds is 2. The van der Waals surface area contributed by atoms with Gasteiger partial charge in [-0.15, -0.1) is 16.6 Å². The van der Waals surface area contributed by atoms with Crippen LogP contribution in [0.5, 0.6) is 0 Å². The summed E-state index contributed by atoms with van der Waals surface area (Å²) in [7, 11) is -4.79. The Bertz CT molecular complexity index is 3590. The highest BCUT2D eigenvalue weighted by Gasteiger charge is 2.26. The minimum Gasteiger partial charge on any atom is -0.127 e. The van der Waals surface area contributed by atoms with Gasteiger partial charge in [-0.25, -0.2) is 0 Å². The molecule has 288 valence electrons. The Balaban J connectivity index is 1.42. The fourth-order valence-corrected chi connectivity index (χ4v) is 10.7. The maximum Gasteiger partial charge on any atom is 0.129 e. The fourth-order valence-electron chi connectivity index (χ4n) is 9.12. The van der Waals surface area contributed by atoms with Crippen LogP contribution in [0.3, 0.4) is 0 Å². The number of hydrogen-bond donors (Lipinski definition) is 0. The van der Waals surface area contributed by atoms with Gasteiger partial charge in [-0.2, -0.15) is 0 Å². The maximum absolute atomic E-state index is 3.76. The van der Waals surface area contributed by atoms with Crippen LogP contribution >= 0.6 is 0 Å². The highest BCUT2D eigenvalue weighted by molar-refractivity contribution is 6.84. The largest absolute Gasteiger partial charge is 0.129 e. The van der Waals surface area contributed by atoms with E-state index in [9.17, 15) is 0 Å². The van der Waals surface area contributed by atoms with Gasteiger partial charge in [0.25, 0.3) is 0 Å². The summed E-state index contributed by atoms with van der Waals surface area (Å²) in [5, 5.41) is 18.1. The van der Waals surface area contributed by atoms with Crippen LogP contribution in [-0.2, 0) is 0 Å². The van der Waals surface area contributed by atoms with Crippen molar-refractivity contribution in [3.05, 3.63) is 144 Å². The summed E-state index contributed by atoms with van der Waals surface area (Å²) in [6, 6.07) is 48.0. The molecule has 0 nitrogen and oxygen atoms in total. The lowest BCUT2D eigenvalue weighted by Crippen LogP contribution is -2.16. The molecule has 60 heavy (non-hydrogen) atoms. The zero-order valence-corrected chi connectivity index (χ0v) is 39.1. The van der Waals surface area contributed by atoms with Gasteiger partial charge in [0.15, 0.2) is 0 Å². The van der Waals surface area contributed by atoms with E-state index >= 15 is 0 Å². The van der Waals surface area contributed by atoms with Crippen molar-refractivity contribution in [2.45, 2.75) is 58.9 Å². The van der Waals surface area contributed by atoms with Crippen molar-refractivity contribution >= 4 is 99.6 Å². The second-order valence-electron chi connectivity index (χ2n) is 19.7. The van der Waals surface area contributed by atoms with Gasteiger partial charge in [-0.05, 0) is 129 Å². The summed E-state index contributed by atoms with van der Waals surface area (Å²) >= 11 is 0. The molecule has 0 fully saturated rings. The Morgan fingerprint density at radius 1 is 0.300 bits per heavy atom. The van der Waals surface area contributed by atoms with Gasteiger partial charge in [0.2, 0.25) is 0 Å². The molecule has 0 aromatic heterocycles. The van der Waals surface area contributed by atoms with Crippen molar-refractivity contribution in [3.63, 3.8) is 0 Å². The highest BCUT2D eigenvalue weighted by Crippen LogP contribution is 2.54. The van der Waals surface area contributed by atoms with Gasteiger partial charge in [-0.3, -0.25) is 0 Å². The first kappa shape index (κ1) is 38.1. The lowest BCUT2D eigenvalue weighted by atomic mass is 9.78. The predicted molar refractivity (Wildman–Crippen MR) is 273 cm³/mol. The van der Waals surface area contributed by atoms with E-state index in [1.807, 2.05) is 0 Å². The van der Waals surface area contributed by atoms with Crippen molar-refractivity contribution in [2.24, 2.45) is 0 Å². The molecule has 10 rings (SSSR count). The van der Waals surface area contributed by atoms with Crippen LogP contribution in [0.2, 0.25) is 58.9 Å². The van der Waals surface area contributed by atoms with Gasteiger partial charge in [0.05, 0.1) is 0 Å². The molecular formula is C57H48Si3. The molecule has 0 N–H and O–H groups in total.